The Kier molecular flexibility index (Phi) is 6.17. The quantitative estimate of drug-likeness (QED) is 0.591. The fourth-order valence-electron chi connectivity index (χ4n) is 3.18. The van der Waals surface area contributed by atoms with Gasteiger partial charge in [0, 0.05) is 25.4 Å². The summed E-state index contributed by atoms with van der Waals surface area (Å²) in [6.45, 7) is 3.80. The summed E-state index contributed by atoms with van der Waals surface area (Å²) in [5, 5.41) is 11.8. The Bertz CT molecular complexity index is 1040. The van der Waals surface area contributed by atoms with Crippen molar-refractivity contribution in [2.45, 2.75) is 32.0 Å². The molecule has 0 saturated heterocycles. The number of rotatable bonds is 7. The normalized spacial score (nSPS) is 12.6. The van der Waals surface area contributed by atoms with Crippen molar-refractivity contribution in [3.05, 3.63) is 77.8 Å². The number of carbonyl (C=O) groups is 1. The number of aromatic nitrogens is 2. The van der Waals surface area contributed by atoms with Gasteiger partial charge in [0.2, 0.25) is 0 Å². The zero-order chi connectivity index (χ0) is 21.9. The molecule has 0 aliphatic rings. The average Bonchev–Trinajstić information content (AvgIpc) is 3.11. The number of hydrogen-bond acceptors (Lipinski definition) is 3. The molecule has 2 aromatic carbocycles. The van der Waals surface area contributed by atoms with Crippen LogP contribution in [0, 0.1) is 11.6 Å². The lowest BCUT2D eigenvalue weighted by atomic mass is 9.97. The molecule has 1 unspecified atom stereocenters. The lowest BCUT2D eigenvalue weighted by molar-refractivity contribution is -0.0130. The van der Waals surface area contributed by atoms with Crippen LogP contribution < -0.4 is 5.32 Å². The van der Waals surface area contributed by atoms with Crippen LogP contribution in [0.5, 0.6) is 0 Å². The second kappa shape index (κ2) is 8.62. The van der Waals surface area contributed by atoms with Crippen LogP contribution in [-0.2, 0) is 11.3 Å². The number of carboxylic acid groups (broad SMARTS) is 1. The van der Waals surface area contributed by atoms with E-state index in [2.05, 4.69) is 10.3 Å². The van der Waals surface area contributed by atoms with E-state index in [0.29, 0.717) is 12.4 Å². The summed E-state index contributed by atoms with van der Waals surface area (Å²) >= 11 is 0. The number of nitrogens with zero attached hydrogens (tertiary/aromatic N) is 2. The van der Waals surface area contributed by atoms with Crippen LogP contribution in [0.3, 0.4) is 0 Å². The predicted molar refractivity (Wildman–Crippen MR) is 108 cm³/mol. The summed E-state index contributed by atoms with van der Waals surface area (Å²) < 4.78 is 35.4. The van der Waals surface area contributed by atoms with Gasteiger partial charge in [-0.3, -0.25) is 0 Å². The molecule has 1 amide bonds. The summed E-state index contributed by atoms with van der Waals surface area (Å²) in [7, 11) is 1.47. The standard InChI is InChI=1S/C22H23F2N3O3/c1-22(2,30-3)19(26-21(28)29)20-25-18(16-11-15(23)9-10-17(16)24)13-27(20)12-14-7-5-4-6-8-14/h4-11,13,19,26H,12H2,1-3H3,(H,28,29). The summed E-state index contributed by atoms with van der Waals surface area (Å²) in [5.74, 6) is -0.893. The van der Waals surface area contributed by atoms with Crippen LogP contribution in [0.15, 0.2) is 54.7 Å². The molecule has 0 saturated carbocycles. The SMILES string of the molecule is COC(C)(C)C(NC(=O)O)c1nc(-c2cc(F)ccc2F)cn1Cc1ccccc1. The molecule has 8 heteroatoms. The monoisotopic (exact) mass is 415 g/mol. The lowest BCUT2D eigenvalue weighted by Gasteiger charge is -2.32. The first-order valence-electron chi connectivity index (χ1n) is 9.32. The number of imidazole rings is 1. The van der Waals surface area contributed by atoms with Gasteiger partial charge >= 0.3 is 6.09 Å². The Morgan fingerprint density at radius 3 is 2.57 bits per heavy atom. The van der Waals surface area contributed by atoms with Gasteiger partial charge in [-0.05, 0) is 37.6 Å². The number of ether oxygens (including phenoxy) is 1. The Labute approximate surface area is 173 Å². The Balaban J connectivity index is 2.16. The minimum absolute atomic E-state index is 0.00707. The van der Waals surface area contributed by atoms with E-state index in [4.69, 9.17) is 4.74 Å². The van der Waals surface area contributed by atoms with E-state index in [1.807, 2.05) is 30.3 Å². The van der Waals surface area contributed by atoms with Gasteiger partial charge in [-0.25, -0.2) is 18.6 Å². The molecule has 1 aromatic heterocycles. The molecule has 1 atom stereocenters. The van der Waals surface area contributed by atoms with E-state index in [-0.39, 0.29) is 11.3 Å². The lowest BCUT2D eigenvalue weighted by Crippen LogP contribution is -2.44. The van der Waals surface area contributed by atoms with E-state index in [1.54, 1.807) is 24.6 Å². The molecule has 0 aliphatic heterocycles. The molecule has 0 bridgehead atoms. The number of nitrogens with one attached hydrogen (secondary N) is 1. The zero-order valence-corrected chi connectivity index (χ0v) is 16.9. The molecule has 2 N–H and O–H groups in total. The largest absolute Gasteiger partial charge is 0.465 e. The van der Waals surface area contributed by atoms with E-state index in [0.717, 1.165) is 23.8 Å². The number of halogens is 2. The van der Waals surface area contributed by atoms with E-state index in [1.165, 1.54) is 7.11 Å². The molecule has 0 radical (unpaired) electrons. The van der Waals surface area contributed by atoms with Crippen LogP contribution in [0.2, 0.25) is 0 Å². The molecule has 6 nitrogen and oxygen atoms in total. The van der Waals surface area contributed by atoms with Crippen molar-refractivity contribution in [3.63, 3.8) is 0 Å². The molecule has 0 fully saturated rings. The second-order valence-corrected chi connectivity index (χ2v) is 7.41. The molecule has 0 aliphatic carbocycles. The fourth-order valence-corrected chi connectivity index (χ4v) is 3.18. The van der Waals surface area contributed by atoms with Gasteiger partial charge in [-0.1, -0.05) is 30.3 Å². The maximum absolute atomic E-state index is 14.4. The van der Waals surface area contributed by atoms with Gasteiger partial charge in [0.25, 0.3) is 0 Å². The minimum Gasteiger partial charge on any atom is -0.465 e. The van der Waals surface area contributed by atoms with Crippen molar-refractivity contribution in [1.29, 1.82) is 0 Å². The second-order valence-electron chi connectivity index (χ2n) is 7.41. The summed E-state index contributed by atoms with van der Waals surface area (Å²) in [5.41, 5.74) is 0.164. The number of benzene rings is 2. The van der Waals surface area contributed by atoms with Crippen LogP contribution in [0.4, 0.5) is 13.6 Å². The summed E-state index contributed by atoms with van der Waals surface area (Å²) in [6, 6.07) is 11.7. The van der Waals surface area contributed by atoms with Gasteiger partial charge in [0.15, 0.2) is 0 Å². The van der Waals surface area contributed by atoms with Crippen LogP contribution in [-0.4, -0.2) is 33.5 Å². The van der Waals surface area contributed by atoms with Gasteiger partial charge < -0.3 is 19.7 Å². The van der Waals surface area contributed by atoms with Crippen molar-refractivity contribution in [1.82, 2.24) is 14.9 Å². The molecule has 3 aromatic rings. The third-order valence-electron chi connectivity index (χ3n) is 4.95. The Morgan fingerprint density at radius 1 is 1.23 bits per heavy atom. The predicted octanol–water partition coefficient (Wildman–Crippen LogP) is 4.61. The van der Waals surface area contributed by atoms with Crippen molar-refractivity contribution in [3.8, 4) is 11.3 Å². The molecule has 0 spiro atoms. The van der Waals surface area contributed by atoms with Crippen LogP contribution in [0.1, 0.15) is 31.3 Å². The Morgan fingerprint density at radius 2 is 1.93 bits per heavy atom. The highest BCUT2D eigenvalue weighted by Crippen LogP contribution is 2.32. The average molecular weight is 415 g/mol. The van der Waals surface area contributed by atoms with Crippen molar-refractivity contribution in [2.75, 3.05) is 7.11 Å². The van der Waals surface area contributed by atoms with Crippen molar-refractivity contribution < 1.29 is 23.4 Å². The highest BCUT2D eigenvalue weighted by molar-refractivity contribution is 5.65. The molecule has 3 rings (SSSR count). The van der Waals surface area contributed by atoms with E-state index in [9.17, 15) is 18.7 Å². The smallest absolute Gasteiger partial charge is 0.405 e. The first-order valence-corrected chi connectivity index (χ1v) is 9.32. The van der Waals surface area contributed by atoms with Crippen molar-refractivity contribution in [2.24, 2.45) is 0 Å². The zero-order valence-electron chi connectivity index (χ0n) is 16.9. The maximum atomic E-state index is 14.4. The number of methoxy groups -OCH3 is 1. The molecule has 30 heavy (non-hydrogen) atoms. The van der Waals surface area contributed by atoms with Gasteiger partial charge in [-0.2, -0.15) is 0 Å². The van der Waals surface area contributed by atoms with Gasteiger partial charge in [0.1, 0.15) is 23.5 Å². The molecule has 158 valence electrons. The van der Waals surface area contributed by atoms with Gasteiger partial charge in [-0.15, -0.1) is 0 Å². The molecular formula is C22H23F2N3O3. The first-order chi connectivity index (χ1) is 14.2. The van der Waals surface area contributed by atoms with Crippen LogP contribution in [0.25, 0.3) is 11.3 Å². The topological polar surface area (TPSA) is 76.4 Å². The third kappa shape index (κ3) is 4.65. The van der Waals surface area contributed by atoms with E-state index >= 15 is 0 Å². The first kappa shape index (κ1) is 21.4. The number of hydrogen-bond donors (Lipinski definition) is 2. The Hall–Kier alpha value is -3.26. The summed E-state index contributed by atoms with van der Waals surface area (Å²) in [4.78, 5) is 16.0. The summed E-state index contributed by atoms with van der Waals surface area (Å²) in [6.07, 6.45) is 0.334. The molecular weight excluding hydrogens is 392 g/mol. The van der Waals surface area contributed by atoms with Crippen LogP contribution >= 0.6 is 0 Å². The fraction of sp³-hybridized carbons (Fsp3) is 0.273. The van der Waals surface area contributed by atoms with Crippen molar-refractivity contribution >= 4 is 6.09 Å². The highest BCUT2D eigenvalue weighted by atomic mass is 19.1. The highest BCUT2D eigenvalue weighted by Gasteiger charge is 2.36. The maximum Gasteiger partial charge on any atom is 0.405 e. The van der Waals surface area contributed by atoms with Gasteiger partial charge in [0.05, 0.1) is 11.3 Å². The number of amides is 1. The third-order valence-corrected chi connectivity index (χ3v) is 4.95. The molecule has 1 heterocycles. The van der Waals surface area contributed by atoms with E-state index < -0.39 is 29.4 Å². The minimum atomic E-state index is -1.25.